The van der Waals surface area contributed by atoms with Crippen LogP contribution in [0.25, 0.3) is 11.0 Å². The summed E-state index contributed by atoms with van der Waals surface area (Å²) in [7, 11) is 0. The Labute approximate surface area is 172 Å². The number of imidazole rings is 1. The number of rotatable bonds is 9. The third kappa shape index (κ3) is 5.05. The number of amides is 1. The van der Waals surface area contributed by atoms with Crippen LogP contribution in [0.4, 0.5) is 0 Å². The minimum Gasteiger partial charge on any atom is -0.493 e. The fraction of sp³-hybridized carbons (Fsp3) is 0.333. The first-order valence-electron chi connectivity index (χ1n) is 10.1. The number of para-hydroxylation sites is 3. The summed E-state index contributed by atoms with van der Waals surface area (Å²) in [5, 5.41) is 2.98. The van der Waals surface area contributed by atoms with E-state index in [1.54, 1.807) is 6.92 Å². The molecular weight excluding hydrogens is 362 g/mol. The van der Waals surface area contributed by atoms with Crippen LogP contribution in [0.15, 0.2) is 60.7 Å². The van der Waals surface area contributed by atoms with E-state index in [2.05, 4.69) is 35.5 Å². The normalized spacial score (nSPS) is 12.0. The van der Waals surface area contributed by atoms with Gasteiger partial charge < -0.3 is 14.6 Å². The standard InChI is InChI=1S/C24H29N3O2/c1-17(2)24(28)25-19(4)23-26-20-12-6-7-13-21(20)27(23)15-9-10-16-29-22-14-8-5-11-18(22)3/h5-8,11-14,19H,1,9-10,15-16H2,2-4H3,(H,25,28). The van der Waals surface area contributed by atoms with Crippen molar-refractivity contribution in [3.63, 3.8) is 0 Å². The summed E-state index contributed by atoms with van der Waals surface area (Å²) < 4.78 is 8.11. The molecule has 1 heterocycles. The highest BCUT2D eigenvalue weighted by atomic mass is 16.5. The van der Waals surface area contributed by atoms with Gasteiger partial charge in [0.2, 0.25) is 5.91 Å². The van der Waals surface area contributed by atoms with Gasteiger partial charge in [-0.05, 0) is 57.4 Å². The fourth-order valence-corrected chi connectivity index (χ4v) is 3.32. The molecule has 1 unspecified atom stereocenters. The molecule has 0 aliphatic carbocycles. The average Bonchev–Trinajstić information content (AvgIpc) is 3.08. The van der Waals surface area contributed by atoms with E-state index in [1.807, 2.05) is 43.3 Å². The predicted molar refractivity (Wildman–Crippen MR) is 117 cm³/mol. The molecular formula is C24H29N3O2. The fourth-order valence-electron chi connectivity index (χ4n) is 3.32. The Kier molecular flexibility index (Phi) is 6.70. The van der Waals surface area contributed by atoms with E-state index in [0.717, 1.165) is 47.6 Å². The number of nitrogens with zero attached hydrogens (tertiary/aromatic N) is 2. The summed E-state index contributed by atoms with van der Waals surface area (Å²) in [6.45, 7) is 10.9. The summed E-state index contributed by atoms with van der Waals surface area (Å²) in [4.78, 5) is 16.8. The van der Waals surface area contributed by atoms with Gasteiger partial charge in [-0.25, -0.2) is 4.98 Å². The number of carbonyl (C=O) groups is 1. The molecule has 0 saturated heterocycles. The van der Waals surface area contributed by atoms with Gasteiger partial charge in [-0.15, -0.1) is 0 Å². The van der Waals surface area contributed by atoms with E-state index < -0.39 is 0 Å². The van der Waals surface area contributed by atoms with E-state index in [-0.39, 0.29) is 11.9 Å². The highest BCUT2D eigenvalue weighted by Crippen LogP contribution is 2.22. The maximum absolute atomic E-state index is 12.1. The van der Waals surface area contributed by atoms with Crippen LogP contribution in [0, 0.1) is 6.92 Å². The minimum absolute atomic E-state index is 0.150. The van der Waals surface area contributed by atoms with Gasteiger partial charge in [0.15, 0.2) is 0 Å². The molecule has 1 atom stereocenters. The third-order valence-corrected chi connectivity index (χ3v) is 4.93. The number of aryl methyl sites for hydroxylation is 2. The van der Waals surface area contributed by atoms with Crippen LogP contribution >= 0.6 is 0 Å². The largest absolute Gasteiger partial charge is 0.493 e. The van der Waals surface area contributed by atoms with Gasteiger partial charge >= 0.3 is 0 Å². The number of fused-ring (bicyclic) bond motifs is 1. The number of aromatic nitrogens is 2. The first-order valence-corrected chi connectivity index (χ1v) is 10.1. The lowest BCUT2D eigenvalue weighted by molar-refractivity contribution is -0.118. The molecule has 0 fully saturated rings. The van der Waals surface area contributed by atoms with Gasteiger partial charge in [0.1, 0.15) is 11.6 Å². The number of carbonyl (C=O) groups excluding carboxylic acids is 1. The monoisotopic (exact) mass is 391 g/mol. The average molecular weight is 392 g/mol. The lowest BCUT2D eigenvalue weighted by atomic mass is 10.2. The van der Waals surface area contributed by atoms with Gasteiger partial charge in [0.05, 0.1) is 23.7 Å². The number of unbranched alkanes of at least 4 members (excludes halogenated alkanes) is 1. The topological polar surface area (TPSA) is 56.2 Å². The Hall–Kier alpha value is -3.08. The van der Waals surface area contributed by atoms with Gasteiger partial charge in [-0.1, -0.05) is 36.9 Å². The Morgan fingerprint density at radius 3 is 2.66 bits per heavy atom. The van der Waals surface area contributed by atoms with Crippen LogP contribution in [0.1, 0.15) is 44.1 Å². The molecule has 3 rings (SSSR count). The number of benzene rings is 2. The summed E-state index contributed by atoms with van der Waals surface area (Å²) >= 11 is 0. The molecule has 5 nitrogen and oxygen atoms in total. The zero-order valence-corrected chi connectivity index (χ0v) is 17.4. The second kappa shape index (κ2) is 9.41. The molecule has 152 valence electrons. The molecule has 2 aromatic carbocycles. The van der Waals surface area contributed by atoms with Gasteiger partial charge in [-0.3, -0.25) is 4.79 Å². The van der Waals surface area contributed by atoms with E-state index >= 15 is 0 Å². The van der Waals surface area contributed by atoms with E-state index in [1.165, 1.54) is 0 Å². The Morgan fingerprint density at radius 1 is 1.17 bits per heavy atom. The smallest absolute Gasteiger partial charge is 0.246 e. The highest BCUT2D eigenvalue weighted by Gasteiger charge is 2.18. The summed E-state index contributed by atoms with van der Waals surface area (Å²) in [6.07, 6.45) is 1.90. The van der Waals surface area contributed by atoms with E-state index in [0.29, 0.717) is 12.2 Å². The van der Waals surface area contributed by atoms with Crippen molar-refractivity contribution in [2.24, 2.45) is 0 Å². The molecule has 1 amide bonds. The van der Waals surface area contributed by atoms with Crippen LogP contribution in [0.3, 0.4) is 0 Å². The lowest BCUT2D eigenvalue weighted by Crippen LogP contribution is -2.29. The SMILES string of the molecule is C=C(C)C(=O)NC(C)c1nc2ccccc2n1CCCCOc1ccccc1C. The van der Waals surface area contributed by atoms with Crippen LogP contribution in [0.2, 0.25) is 0 Å². The Morgan fingerprint density at radius 2 is 1.90 bits per heavy atom. The van der Waals surface area contributed by atoms with E-state index in [9.17, 15) is 4.79 Å². The van der Waals surface area contributed by atoms with Crippen LogP contribution in [-0.4, -0.2) is 22.1 Å². The summed E-state index contributed by atoms with van der Waals surface area (Å²) in [5.74, 6) is 1.65. The number of hydrogen-bond acceptors (Lipinski definition) is 3. The van der Waals surface area contributed by atoms with Crippen molar-refractivity contribution in [2.45, 2.75) is 46.2 Å². The molecule has 1 aromatic heterocycles. The number of hydrogen-bond donors (Lipinski definition) is 1. The van der Waals surface area contributed by atoms with E-state index in [4.69, 9.17) is 9.72 Å². The molecule has 0 saturated carbocycles. The van der Waals surface area contributed by atoms with Crippen molar-refractivity contribution in [1.29, 1.82) is 0 Å². The first kappa shape index (κ1) is 20.6. The number of ether oxygens (including phenoxy) is 1. The predicted octanol–water partition coefficient (Wildman–Crippen LogP) is 4.96. The molecule has 3 aromatic rings. The van der Waals surface area contributed by atoms with Crippen molar-refractivity contribution in [2.75, 3.05) is 6.61 Å². The molecule has 0 aliphatic heterocycles. The van der Waals surface area contributed by atoms with Gasteiger partial charge in [0, 0.05) is 12.1 Å². The van der Waals surface area contributed by atoms with Crippen LogP contribution in [0.5, 0.6) is 5.75 Å². The van der Waals surface area contributed by atoms with Crippen molar-refractivity contribution >= 4 is 16.9 Å². The first-order chi connectivity index (χ1) is 14.0. The van der Waals surface area contributed by atoms with Gasteiger partial charge in [0.25, 0.3) is 0 Å². The quantitative estimate of drug-likeness (QED) is 0.414. The minimum atomic E-state index is -0.199. The number of nitrogens with one attached hydrogen (secondary N) is 1. The molecule has 1 N–H and O–H groups in total. The maximum Gasteiger partial charge on any atom is 0.246 e. The molecule has 29 heavy (non-hydrogen) atoms. The molecule has 0 aliphatic rings. The third-order valence-electron chi connectivity index (χ3n) is 4.93. The second-order valence-electron chi connectivity index (χ2n) is 7.41. The van der Waals surface area contributed by atoms with Crippen molar-refractivity contribution in [1.82, 2.24) is 14.9 Å². The van der Waals surface area contributed by atoms with Crippen molar-refractivity contribution in [3.8, 4) is 5.75 Å². The molecule has 0 radical (unpaired) electrons. The second-order valence-corrected chi connectivity index (χ2v) is 7.41. The molecule has 0 bridgehead atoms. The maximum atomic E-state index is 12.1. The van der Waals surface area contributed by atoms with Crippen molar-refractivity contribution in [3.05, 3.63) is 72.1 Å². The molecule has 0 spiro atoms. The summed E-state index contributed by atoms with van der Waals surface area (Å²) in [5.41, 5.74) is 3.67. The van der Waals surface area contributed by atoms with Gasteiger partial charge in [-0.2, -0.15) is 0 Å². The zero-order valence-electron chi connectivity index (χ0n) is 17.4. The Bertz CT molecular complexity index is 1010. The lowest BCUT2D eigenvalue weighted by Gasteiger charge is -2.16. The highest BCUT2D eigenvalue weighted by molar-refractivity contribution is 5.92. The van der Waals surface area contributed by atoms with Crippen LogP contribution < -0.4 is 10.1 Å². The van der Waals surface area contributed by atoms with Crippen molar-refractivity contribution < 1.29 is 9.53 Å². The molecule has 5 heteroatoms. The zero-order chi connectivity index (χ0) is 20.8. The summed E-state index contributed by atoms with van der Waals surface area (Å²) in [6, 6.07) is 15.9. The van der Waals surface area contributed by atoms with Crippen LogP contribution in [-0.2, 0) is 11.3 Å². The Balaban J connectivity index is 1.66.